The molecule has 0 unspecified atom stereocenters. The molecule has 0 bridgehead atoms. The summed E-state index contributed by atoms with van der Waals surface area (Å²) in [6.07, 6.45) is 4.82. The summed E-state index contributed by atoms with van der Waals surface area (Å²) < 4.78 is 1.82. The van der Waals surface area contributed by atoms with Gasteiger partial charge in [0.05, 0.1) is 0 Å². The molecule has 82 valence electrons. The first kappa shape index (κ1) is 10.0. The van der Waals surface area contributed by atoms with Crippen LogP contribution in [0, 0.1) is 0 Å². The van der Waals surface area contributed by atoms with Crippen molar-refractivity contribution < 1.29 is 4.79 Å². The highest BCUT2D eigenvalue weighted by atomic mass is 16.2. The van der Waals surface area contributed by atoms with Crippen molar-refractivity contribution in [3.8, 4) is 0 Å². The van der Waals surface area contributed by atoms with Gasteiger partial charge >= 0.3 is 6.03 Å². The Bertz CT molecular complexity index is 343. The van der Waals surface area contributed by atoms with Crippen LogP contribution in [0.25, 0.3) is 0 Å². The van der Waals surface area contributed by atoms with Crippen LogP contribution in [0.2, 0.25) is 0 Å². The summed E-state index contributed by atoms with van der Waals surface area (Å²) in [5.41, 5.74) is 1.13. The van der Waals surface area contributed by atoms with Crippen molar-refractivity contribution in [1.82, 2.24) is 20.4 Å². The monoisotopic (exact) mass is 208 g/mol. The number of nitrogens with one attached hydrogen (secondary N) is 2. The number of aryl methyl sites for hydroxylation is 1. The number of carbonyl (C=O) groups is 1. The van der Waals surface area contributed by atoms with Gasteiger partial charge in [0.25, 0.3) is 0 Å². The molecule has 1 fully saturated rings. The van der Waals surface area contributed by atoms with Gasteiger partial charge in [0.1, 0.15) is 0 Å². The van der Waals surface area contributed by atoms with Crippen LogP contribution < -0.4 is 10.6 Å². The Morgan fingerprint density at radius 3 is 3.07 bits per heavy atom. The van der Waals surface area contributed by atoms with Crippen LogP contribution in [0.5, 0.6) is 0 Å². The molecule has 2 amide bonds. The molecule has 1 aliphatic rings. The van der Waals surface area contributed by atoms with E-state index in [9.17, 15) is 4.79 Å². The summed E-state index contributed by atoms with van der Waals surface area (Å²) in [5.74, 6) is 0. The SMILES string of the molecule is Cn1nccc1CCNC(=O)NC1CC1. The Hall–Kier alpha value is -1.52. The summed E-state index contributed by atoms with van der Waals surface area (Å²) in [6.45, 7) is 0.651. The van der Waals surface area contributed by atoms with Crippen molar-refractivity contribution >= 4 is 6.03 Å². The quantitative estimate of drug-likeness (QED) is 0.753. The second kappa shape index (κ2) is 4.33. The van der Waals surface area contributed by atoms with Gasteiger partial charge in [-0.15, -0.1) is 0 Å². The van der Waals surface area contributed by atoms with E-state index in [-0.39, 0.29) is 6.03 Å². The number of carbonyl (C=O) groups excluding carboxylic acids is 1. The van der Waals surface area contributed by atoms with Crippen LogP contribution in [0.4, 0.5) is 4.79 Å². The Morgan fingerprint density at radius 1 is 1.67 bits per heavy atom. The van der Waals surface area contributed by atoms with Crippen LogP contribution in [0.1, 0.15) is 18.5 Å². The molecule has 0 spiro atoms. The van der Waals surface area contributed by atoms with Gasteiger partial charge in [-0.3, -0.25) is 4.68 Å². The van der Waals surface area contributed by atoms with E-state index >= 15 is 0 Å². The van der Waals surface area contributed by atoms with Crippen LogP contribution >= 0.6 is 0 Å². The number of hydrogen-bond donors (Lipinski definition) is 2. The zero-order chi connectivity index (χ0) is 10.7. The van der Waals surface area contributed by atoms with Crippen molar-refractivity contribution in [2.45, 2.75) is 25.3 Å². The fourth-order valence-corrected chi connectivity index (χ4v) is 1.41. The smallest absolute Gasteiger partial charge is 0.315 e. The fourth-order valence-electron chi connectivity index (χ4n) is 1.41. The van der Waals surface area contributed by atoms with Crippen molar-refractivity contribution in [3.05, 3.63) is 18.0 Å². The minimum Gasteiger partial charge on any atom is -0.338 e. The molecule has 0 aliphatic heterocycles. The third-order valence-electron chi connectivity index (χ3n) is 2.50. The topological polar surface area (TPSA) is 59.0 Å². The van der Waals surface area contributed by atoms with Gasteiger partial charge in [-0.1, -0.05) is 0 Å². The third kappa shape index (κ3) is 2.97. The molecular weight excluding hydrogens is 192 g/mol. The first-order valence-corrected chi connectivity index (χ1v) is 5.27. The number of aromatic nitrogens is 2. The van der Waals surface area contributed by atoms with E-state index < -0.39 is 0 Å². The normalized spacial score (nSPS) is 15.0. The molecule has 15 heavy (non-hydrogen) atoms. The molecule has 5 heteroatoms. The lowest BCUT2D eigenvalue weighted by Crippen LogP contribution is -2.37. The molecule has 0 aromatic carbocycles. The molecule has 1 aromatic heterocycles. The van der Waals surface area contributed by atoms with Gasteiger partial charge in [0.2, 0.25) is 0 Å². The standard InChI is InChI=1S/C10H16N4O/c1-14-9(5-7-12-14)4-6-11-10(15)13-8-2-3-8/h5,7-8H,2-4,6H2,1H3,(H2,11,13,15). The van der Waals surface area contributed by atoms with Gasteiger partial charge in [-0.25, -0.2) is 4.79 Å². The second-order valence-electron chi connectivity index (χ2n) is 3.87. The van der Waals surface area contributed by atoms with Gasteiger partial charge in [0, 0.05) is 37.9 Å². The summed E-state index contributed by atoms with van der Waals surface area (Å²) in [7, 11) is 1.90. The molecule has 0 radical (unpaired) electrons. The maximum atomic E-state index is 11.3. The lowest BCUT2D eigenvalue weighted by Gasteiger charge is -2.06. The number of rotatable bonds is 4. The largest absolute Gasteiger partial charge is 0.338 e. The second-order valence-corrected chi connectivity index (χ2v) is 3.87. The van der Waals surface area contributed by atoms with E-state index in [2.05, 4.69) is 15.7 Å². The lowest BCUT2D eigenvalue weighted by atomic mass is 10.3. The predicted molar refractivity (Wildman–Crippen MR) is 56.5 cm³/mol. The van der Waals surface area contributed by atoms with E-state index in [4.69, 9.17) is 0 Å². The van der Waals surface area contributed by atoms with E-state index in [1.165, 1.54) is 0 Å². The van der Waals surface area contributed by atoms with Gasteiger partial charge < -0.3 is 10.6 Å². The molecule has 1 heterocycles. The predicted octanol–water partition coefficient (Wildman–Crippen LogP) is 0.424. The summed E-state index contributed by atoms with van der Waals surface area (Å²) in [5, 5.41) is 9.77. The van der Waals surface area contributed by atoms with Crippen LogP contribution in [-0.4, -0.2) is 28.4 Å². The zero-order valence-electron chi connectivity index (χ0n) is 8.86. The molecule has 1 aliphatic carbocycles. The minimum atomic E-state index is -0.0559. The van der Waals surface area contributed by atoms with E-state index in [0.29, 0.717) is 12.6 Å². The van der Waals surface area contributed by atoms with E-state index in [1.807, 2.05) is 17.8 Å². The highest BCUT2D eigenvalue weighted by Gasteiger charge is 2.22. The average molecular weight is 208 g/mol. The Balaban J connectivity index is 1.65. The first-order valence-electron chi connectivity index (χ1n) is 5.27. The summed E-state index contributed by atoms with van der Waals surface area (Å²) in [6, 6.07) is 2.32. The molecule has 1 aromatic rings. The van der Waals surface area contributed by atoms with Crippen LogP contribution in [0.15, 0.2) is 12.3 Å². The maximum Gasteiger partial charge on any atom is 0.315 e. The van der Waals surface area contributed by atoms with Crippen LogP contribution in [0.3, 0.4) is 0 Å². The number of hydrogen-bond acceptors (Lipinski definition) is 2. The van der Waals surface area contributed by atoms with Gasteiger partial charge in [0.15, 0.2) is 0 Å². The van der Waals surface area contributed by atoms with Crippen molar-refractivity contribution in [1.29, 1.82) is 0 Å². The highest BCUT2D eigenvalue weighted by Crippen LogP contribution is 2.18. The number of nitrogens with zero attached hydrogens (tertiary/aromatic N) is 2. The average Bonchev–Trinajstić information content (AvgIpc) is 2.91. The Kier molecular flexibility index (Phi) is 2.89. The van der Waals surface area contributed by atoms with E-state index in [0.717, 1.165) is 25.0 Å². The molecular formula is C10H16N4O. The molecule has 2 N–H and O–H groups in total. The molecule has 2 rings (SSSR count). The van der Waals surface area contributed by atoms with Crippen molar-refractivity contribution in [2.75, 3.05) is 6.54 Å². The Labute approximate surface area is 88.8 Å². The fraction of sp³-hybridized carbons (Fsp3) is 0.600. The van der Waals surface area contributed by atoms with Crippen molar-refractivity contribution in [3.63, 3.8) is 0 Å². The van der Waals surface area contributed by atoms with Gasteiger partial charge in [-0.05, 0) is 18.9 Å². The third-order valence-corrected chi connectivity index (χ3v) is 2.50. The first-order chi connectivity index (χ1) is 7.25. The highest BCUT2D eigenvalue weighted by molar-refractivity contribution is 5.74. The maximum absolute atomic E-state index is 11.3. The lowest BCUT2D eigenvalue weighted by molar-refractivity contribution is 0.240. The van der Waals surface area contributed by atoms with Crippen LogP contribution in [-0.2, 0) is 13.5 Å². The molecule has 0 saturated heterocycles. The molecule has 5 nitrogen and oxygen atoms in total. The number of urea groups is 1. The minimum absolute atomic E-state index is 0.0559. The Morgan fingerprint density at radius 2 is 2.47 bits per heavy atom. The summed E-state index contributed by atoms with van der Waals surface area (Å²) in [4.78, 5) is 11.3. The van der Waals surface area contributed by atoms with E-state index in [1.54, 1.807) is 6.20 Å². The summed E-state index contributed by atoms with van der Waals surface area (Å²) >= 11 is 0. The van der Waals surface area contributed by atoms with Crippen molar-refractivity contribution in [2.24, 2.45) is 7.05 Å². The molecule has 1 saturated carbocycles. The van der Waals surface area contributed by atoms with Gasteiger partial charge in [-0.2, -0.15) is 5.10 Å². The zero-order valence-corrected chi connectivity index (χ0v) is 8.86. The number of amides is 2. The molecule has 0 atom stereocenters.